The molecule has 2 amide bonds. The molecule has 0 aliphatic carbocycles. The lowest BCUT2D eigenvalue weighted by Crippen LogP contribution is -2.46. The minimum absolute atomic E-state index is 0.123. The van der Waals surface area contributed by atoms with Crippen molar-refractivity contribution in [1.82, 2.24) is 20.0 Å². The first-order valence-corrected chi connectivity index (χ1v) is 10.9. The van der Waals surface area contributed by atoms with Crippen LogP contribution in [0.1, 0.15) is 52.9 Å². The van der Waals surface area contributed by atoms with Crippen LogP contribution in [0.4, 0.5) is 4.79 Å². The standard InChI is InChI=1S/C21H42N4O/c1-18(2)20-8-13-24(14-9-20)12-5-11-23(4)17-10-22-21(26)25-15-6-19(3)7-16-25/h18-20H,5-17H2,1-4H3,(H,22,26). The Bertz CT molecular complexity index is 399. The first-order valence-electron chi connectivity index (χ1n) is 10.9. The number of nitrogens with one attached hydrogen (secondary N) is 1. The SMILES string of the molecule is CC1CCN(C(=O)NCCN(C)CCCN2CCC(C(C)C)CC2)CC1. The molecule has 2 saturated heterocycles. The fraction of sp³-hybridized carbons (Fsp3) is 0.952. The number of likely N-dealkylation sites (N-methyl/N-ethyl adjacent to an activating group) is 1. The van der Waals surface area contributed by atoms with Crippen molar-refractivity contribution in [3.05, 3.63) is 0 Å². The number of carbonyl (C=O) groups is 1. The van der Waals surface area contributed by atoms with E-state index in [1.807, 2.05) is 4.90 Å². The van der Waals surface area contributed by atoms with Crippen molar-refractivity contribution in [2.75, 3.05) is 59.4 Å². The molecule has 0 spiro atoms. The highest BCUT2D eigenvalue weighted by Crippen LogP contribution is 2.24. The van der Waals surface area contributed by atoms with Crippen LogP contribution in [0.15, 0.2) is 0 Å². The average molecular weight is 367 g/mol. The van der Waals surface area contributed by atoms with Crippen LogP contribution in [-0.4, -0.2) is 80.1 Å². The quantitative estimate of drug-likeness (QED) is 0.717. The number of rotatable bonds is 8. The van der Waals surface area contributed by atoms with Gasteiger partial charge in [0.1, 0.15) is 0 Å². The predicted molar refractivity (Wildman–Crippen MR) is 109 cm³/mol. The molecule has 26 heavy (non-hydrogen) atoms. The van der Waals surface area contributed by atoms with Crippen LogP contribution < -0.4 is 5.32 Å². The maximum absolute atomic E-state index is 12.2. The molecule has 0 bridgehead atoms. The van der Waals surface area contributed by atoms with Gasteiger partial charge in [-0.15, -0.1) is 0 Å². The van der Waals surface area contributed by atoms with E-state index in [1.54, 1.807) is 0 Å². The van der Waals surface area contributed by atoms with Gasteiger partial charge in [-0.2, -0.15) is 0 Å². The second-order valence-corrected chi connectivity index (χ2v) is 8.98. The lowest BCUT2D eigenvalue weighted by atomic mass is 9.87. The van der Waals surface area contributed by atoms with E-state index < -0.39 is 0 Å². The Labute approximate surface area is 161 Å². The Morgan fingerprint density at radius 1 is 1.08 bits per heavy atom. The summed E-state index contributed by atoms with van der Waals surface area (Å²) < 4.78 is 0. The van der Waals surface area contributed by atoms with Gasteiger partial charge in [-0.3, -0.25) is 0 Å². The van der Waals surface area contributed by atoms with Crippen molar-refractivity contribution in [3.63, 3.8) is 0 Å². The highest BCUT2D eigenvalue weighted by Gasteiger charge is 2.21. The summed E-state index contributed by atoms with van der Waals surface area (Å²) in [5.74, 6) is 2.54. The Balaban J connectivity index is 1.49. The van der Waals surface area contributed by atoms with Gasteiger partial charge < -0.3 is 20.0 Å². The second-order valence-electron chi connectivity index (χ2n) is 8.98. The molecule has 2 aliphatic heterocycles. The fourth-order valence-electron chi connectivity index (χ4n) is 4.20. The van der Waals surface area contributed by atoms with Crippen LogP contribution in [0.5, 0.6) is 0 Å². The number of hydrogen-bond donors (Lipinski definition) is 1. The molecule has 2 fully saturated rings. The van der Waals surface area contributed by atoms with Crippen molar-refractivity contribution in [2.45, 2.75) is 52.9 Å². The van der Waals surface area contributed by atoms with Crippen LogP contribution in [0.3, 0.4) is 0 Å². The Hall–Kier alpha value is -0.810. The molecule has 5 heteroatoms. The highest BCUT2D eigenvalue weighted by atomic mass is 16.2. The van der Waals surface area contributed by atoms with E-state index in [9.17, 15) is 4.79 Å². The Kier molecular flexibility index (Phi) is 9.20. The number of carbonyl (C=O) groups excluding carboxylic acids is 1. The smallest absolute Gasteiger partial charge is 0.317 e. The first-order chi connectivity index (χ1) is 12.5. The zero-order valence-corrected chi connectivity index (χ0v) is 17.7. The van der Waals surface area contributed by atoms with Gasteiger partial charge in [0, 0.05) is 26.2 Å². The topological polar surface area (TPSA) is 38.8 Å². The molecule has 0 radical (unpaired) electrons. The fourth-order valence-corrected chi connectivity index (χ4v) is 4.20. The highest BCUT2D eigenvalue weighted by molar-refractivity contribution is 5.74. The van der Waals surface area contributed by atoms with Gasteiger partial charge in [-0.1, -0.05) is 20.8 Å². The van der Waals surface area contributed by atoms with Crippen molar-refractivity contribution < 1.29 is 4.79 Å². The summed E-state index contributed by atoms with van der Waals surface area (Å²) in [5, 5.41) is 3.09. The molecule has 0 saturated carbocycles. The molecule has 2 heterocycles. The van der Waals surface area contributed by atoms with Crippen LogP contribution in [0, 0.1) is 17.8 Å². The summed E-state index contributed by atoms with van der Waals surface area (Å²) in [6.07, 6.45) is 6.24. The summed E-state index contributed by atoms with van der Waals surface area (Å²) in [6, 6.07) is 0.123. The molecular weight excluding hydrogens is 324 g/mol. The van der Waals surface area contributed by atoms with E-state index in [4.69, 9.17) is 0 Å². The van der Waals surface area contributed by atoms with Crippen molar-refractivity contribution in [1.29, 1.82) is 0 Å². The summed E-state index contributed by atoms with van der Waals surface area (Å²) in [7, 11) is 2.17. The van der Waals surface area contributed by atoms with Gasteiger partial charge in [0.05, 0.1) is 0 Å². The molecule has 152 valence electrons. The zero-order chi connectivity index (χ0) is 18.9. The molecule has 0 aromatic carbocycles. The van der Waals surface area contributed by atoms with Crippen LogP contribution in [0.2, 0.25) is 0 Å². The lowest BCUT2D eigenvalue weighted by Gasteiger charge is -2.34. The average Bonchev–Trinajstić information content (AvgIpc) is 2.62. The van der Waals surface area contributed by atoms with E-state index in [-0.39, 0.29) is 6.03 Å². The maximum atomic E-state index is 12.2. The molecule has 2 rings (SSSR count). The van der Waals surface area contributed by atoms with Crippen LogP contribution >= 0.6 is 0 Å². The van der Waals surface area contributed by atoms with E-state index in [0.717, 1.165) is 63.3 Å². The first kappa shape index (κ1) is 21.5. The van der Waals surface area contributed by atoms with E-state index >= 15 is 0 Å². The summed E-state index contributed by atoms with van der Waals surface area (Å²) >= 11 is 0. The van der Waals surface area contributed by atoms with Gasteiger partial charge in [0.15, 0.2) is 0 Å². The number of amides is 2. The third kappa shape index (κ3) is 7.43. The summed E-state index contributed by atoms with van der Waals surface area (Å²) in [6.45, 7) is 15.4. The van der Waals surface area contributed by atoms with Crippen LogP contribution in [-0.2, 0) is 0 Å². The molecule has 2 aliphatic rings. The number of likely N-dealkylation sites (tertiary alicyclic amines) is 2. The zero-order valence-electron chi connectivity index (χ0n) is 17.7. The molecule has 5 nitrogen and oxygen atoms in total. The molecular formula is C21H42N4O. The minimum Gasteiger partial charge on any atom is -0.337 e. The third-order valence-electron chi connectivity index (χ3n) is 6.43. The normalized spacial score (nSPS) is 20.9. The number of hydrogen-bond acceptors (Lipinski definition) is 3. The minimum atomic E-state index is 0.123. The second kappa shape index (κ2) is 11.1. The van der Waals surface area contributed by atoms with E-state index in [2.05, 4.69) is 42.9 Å². The van der Waals surface area contributed by atoms with Crippen molar-refractivity contribution in [3.8, 4) is 0 Å². The Morgan fingerprint density at radius 2 is 1.73 bits per heavy atom. The van der Waals surface area contributed by atoms with E-state index in [0.29, 0.717) is 0 Å². The van der Waals surface area contributed by atoms with Gasteiger partial charge >= 0.3 is 6.03 Å². The number of urea groups is 1. The molecule has 0 unspecified atom stereocenters. The molecule has 0 aromatic heterocycles. The van der Waals surface area contributed by atoms with Gasteiger partial charge in [-0.05, 0) is 83.1 Å². The van der Waals surface area contributed by atoms with Gasteiger partial charge in [-0.25, -0.2) is 4.79 Å². The Morgan fingerprint density at radius 3 is 2.35 bits per heavy atom. The number of nitrogens with zero attached hydrogens (tertiary/aromatic N) is 3. The molecule has 0 aromatic rings. The maximum Gasteiger partial charge on any atom is 0.317 e. The molecule has 0 atom stereocenters. The summed E-state index contributed by atoms with van der Waals surface area (Å²) in [5.41, 5.74) is 0. The number of piperidine rings is 2. The lowest BCUT2D eigenvalue weighted by molar-refractivity contribution is 0.151. The van der Waals surface area contributed by atoms with Crippen molar-refractivity contribution >= 4 is 6.03 Å². The van der Waals surface area contributed by atoms with Gasteiger partial charge in [0.2, 0.25) is 0 Å². The van der Waals surface area contributed by atoms with Crippen LogP contribution in [0.25, 0.3) is 0 Å². The van der Waals surface area contributed by atoms with Crippen molar-refractivity contribution in [2.24, 2.45) is 17.8 Å². The van der Waals surface area contributed by atoms with E-state index in [1.165, 1.54) is 38.9 Å². The van der Waals surface area contributed by atoms with Gasteiger partial charge in [0.25, 0.3) is 0 Å². The summed E-state index contributed by atoms with van der Waals surface area (Å²) in [4.78, 5) is 19.1. The molecule has 1 N–H and O–H groups in total. The largest absolute Gasteiger partial charge is 0.337 e. The third-order valence-corrected chi connectivity index (χ3v) is 6.43. The predicted octanol–water partition coefficient (Wildman–Crippen LogP) is 3.12. The monoisotopic (exact) mass is 366 g/mol.